The van der Waals surface area contributed by atoms with E-state index in [-0.39, 0.29) is 5.41 Å². The molecule has 5 heteroatoms. The van der Waals surface area contributed by atoms with Crippen LogP contribution in [0.1, 0.15) is 25.1 Å². The number of aromatic nitrogens is 4. The van der Waals surface area contributed by atoms with E-state index in [4.69, 9.17) is 9.97 Å². The largest absolute Gasteiger partial charge is 0.309 e. The lowest BCUT2D eigenvalue weighted by atomic mass is 9.76. The van der Waals surface area contributed by atoms with Gasteiger partial charge in [0.25, 0.3) is 0 Å². The van der Waals surface area contributed by atoms with Crippen molar-refractivity contribution < 1.29 is 0 Å². The lowest BCUT2D eigenvalue weighted by Gasteiger charge is -2.41. The normalized spacial score (nSPS) is 13.5. The van der Waals surface area contributed by atoms with Gasteiger partial charge < -0.3 is 9.47 Å². The minimum atomic E-state index is -0.352. The topological polar surface area (TPSA) is 38.9 Å². The van der Waals surface area contributed by atoms with Gasteiger partial charge >= 0.3 is 0 Å². The number of benzene rings is 7. The first-order chi connectivity index (χ1) is 26.6. The number of para-hydroxylation sites is 5. The predicted octanol–water partition coefficient (Wildman–Crippen LogP) is 12.4. The third kappa shape index (κ3) is 4.26. The van der Waals surface area contributed by atoms with Crippen molar-refractivity contribution in [2.45, 2.75) is 19.3 Å². The predicted molar refractivity (Wildman–Crippen MR) is 223 cm³/mol. The minimum Gasteiger partial charge on any atom is -0.309 e. The van der Waals surface area contributed by atoms with Gasteiger partial charge in [-0.15, -0.1) is 0 Å². The molecule has 54 heavy (non-hydrogen) atoms. The highest BCUT2D eigenvalue weighted by Gasteiger charge is 2.42. The Morgan fingerprint density at radius 3 is 1.83 bits per heavy atom. The lowest BCUT2D eigenvalue weighted by molar-refractivity contribution is 0.598. The molecule has 0 spiro atoms. The maximum Gasteiger partial charge on any atom is 0.235 e. The van der Waals surface area contributed by atoms with Crippen LogP contribution in [0.5, 0.6) is 0 Å². The fourth-order valence-electron chi connectivity index (χ4n) is 8.92. The SMILES string of the molecule is CC1(C)c2ccccc2N(c2ccccc2)c2c1n(-c1ccccc1)c1c2ccc2c3ccccc3n(-c3nc(-c4ccccc4)c4ccccc4n3)c21. The van der Waals surface area contributed by atoms with Gasteiger partial charge in [0.05, 0.1) is 44.8 Å². The zero-order valence-corrected chi connectivity index (χ0v) is 30.0. The van der Waals surface area contributed by atoms with Gasteiger partial charge in [-0.3, -0.25) is 4.57 Å². The van der Waals surface area contributed by atoms with Gasteiger partial charge in [0.15, 0.2) is 0 Å². The molecule has 0 aliphatic carbocycles. The number of hydrogen-bond donors (Lipinski definition) is 0. The summed E-state index contributed by atoms with van der Waals surface area (Å²) in [6, 6.07) is 62.6. The van der Waals surface area contributed by atoms with Crippen molar-refractivity contribution in [3.63, 3.8) is 0 Å². The van der Waals surface area contributed by atoms with E-state index < -0.39 is 0 Å². The summed E-state index contributed by atoms with van der Waals surface area (Å²) in [5, 5.41) is 4.51. The van der Waals surface area contributed by atoms with Crippen molar-refractivity contribution in [3.05, 3.63) is 187 Å². The van der Waals surface area contributed by atoms with Crippen molar-refractivity contribution >= 4 is 60.7 Å². The molecule has 5 nitrogen and oxygen atoms in total. The fourth-order valence-corrected chi connectivity index (χ4v) is 8.92. The number of fused-ring (bicyclic) bond motifs is 9. The zero-order valence-electron chi connectivity index (χ0n) is 30.0. The highest BCUT2D eigenvalue weighted by atomic mass is 15.2. The molecule has 10 aromatic rings. The second-order valence-electron chi connectivity index (χ2n) is 14.6. The number of nitrogens with zero attached hydrogens (tertiary/aromatic N) is 5. The van der Waals surface area contributed by atoms with Gasteiger partial charge in [-0.05, 0) is 54.1 Å². The van der Waals surface area contributed by atoms with E-state index >= 15 is 0 Å². The van der Waals surface area contributed by atoms with E-state index in [1.54, 1.807) is 0 Å². The van der Waals surface area contributed by atoms with Gasteiger partial charge in [-0.25, -0.2) is 9.97 Å². The van der Waals surface area contributed by atoms with E-state index in [1.807, 2.05) is 0 Å². The third-order valence-corrected chi connectivity index (χ3v) is 11.2. The van der Waals surface area contributed by atoms with Crippen LogP contribution in [0.25, 0.3) is 66.5 Å². The average Bonchev–Trinajstić information content (AvgIpc) is 3.76. The van der Waals surface area contributed by atoms with Crippen molar-refractivity contribution in [1.82, 2.24) is 19.1 Å². The van der Waals surface area contributed by atoms with E-state index in [1.165, 1.54) is 28.0 Å². The molecule has 11 rings (SSSR count). The Morgan fingerprint density at radius 1 is 0.463 bits per heavy atom. The molecule has 0 bridgehead atoms. The summed E-state index contributed by atoms with van der Waals surface area (Å²) in [6.45, 7) is 4.74. The molecule has 256 valence electrons. The standard InChI is InChI=1S/C49H35N5/c1-49(2)39-26-14-17-29-42(39)52(33-20-8-4-9-21-33)46-38-31-30-36-35-24-13-16-28-41(35)54(44(36)45(38)53(47(46)49)34-22-10-5-11-23-34)48-50-40-27-15-12-25-37(40)43(51-48)32-18-6-3-7-19-32/h3-31H,1-2H3. The van der Waals surface area contributed by atoms with Crippen LogP contribution >= 0.6 is 0 Å². The Bertz CT molecular complexity index is 3070. The summed E-state index contributed by atoms with van der Waals surface area (Å²) in [5.74, 6) is 0.646. The minimum absolute atomic E-state index is 0.352. The fraction of sp³-hybridized carbons (Fsp3) is 0.0612. The first-order valence-corrected chi connectivity index (χ1v) is 18.5. The quantitative estimate of drug-likeness (QED) is 0.184. The Hall–Kier alpha value is -6.98. The van der Waals surface area contributed by atoms with Gasteiger partial charge in [-0.1, -0.05) is 141 Å². The van der Waals surface area contributed by atoms with Crippen molar-refractivity contribution in [3.8, 4) is 22.9 Å². The summed E-state index contributed by atoms with van der Waals surface area (Å²) in [6.07, 6.45) is 0. The number of rotatable bonds is 4. The van der Waals surface area contributed by atoms with Gasteiger partial charge in [0.2, 0.25) is 5.95 Å². The summed E-state index contributed by atoms with van der Waals surface area (Å²) >= 11 is 0. The highest BCUT2D eigenvalue weighted by Crippen LogP contribution is 2.57. The molecule has 0 saturated heterocycles. The molecule has 1 aliphatic rings. The Morgan fingerprint density at radius 2 is 1.06 bits per heavy atom. The molecule has 3 aromatic heterocycles. The Kier molecular flexibility index (Phi) is 6.53. The second-order valence-corrected chi connectivity index (χ2v) is 14.6. The molecule has 1 aliphatic heterocycles. The molecule has 0 N–H and O–H groups in total. The van der Waals surface area contributed by atoms with Crippen LogP contribution in [0.15, 0.2) is 176 Å². The molecule has 0 radical (unpaired) electrons. The summed E-state index contributed by atoms with van der Waals surface area (Å²) in [7, 11) is 0. The molecule has 0 atom stereocenters. The van der Waals surface area contributed by atoms with Gasteiger partial charge in [-0.2, -0.15) is 0 Å². The monoisotopic (exact) mass is 693 g/mol. The van der Waals surface area contributed by atoms with E-state index in [0.29, 0.717) is 5.95 Å². The molecule has 0 fully saturated rings. The van der Waals surface area contributed by atoms with Crippen LogP contribution in [0.2, 0.25) is 0 Å². The number of anilines is 3. The molecule has 0 amide bonds. The summed E-state index contributed by atoms with van der Waals surface area (Å²) in [5.41, 5.74) is 12.9. The van der Waals surface area contributed by atoms with Gasteiger partial charge in [0, 0.05) is 43.9 Å². The van der Waals surface area contributed by atoms with Crippen LogP contribution in [-0.2, 0) is 5.41 Å². The van der Waals surface area contributed by atoms with Crippen molar-refractivity contribution in [2.24, 2.45) is 0 Å². The first kappa shape index (κ1) is 30.6. The number of hydrogen-bond acceptors (Lipinski definition) is 3. The van der Waals surface area contributed by atoms with Crippen molar-refractivity contribution in [1.29, 1.82) is 0 Å². The summed E-state index contributed by atoms with van der Waals surface area (Å²) in [4.78, 5) is 13.3. The van der Waals surface area contributed by atoms with Crippen LogP contribution in [0, 0.1) is 0 Å². The maximum absolute atomic E-state index is 5.46. The third-order valence-electron chi connectivity index (χ3n) is 11.2. The van der Waals surface area contributed by atoms with Crippen molar-refractivity contribution in [2.75, 3.05) is 4.90 Å². The molecule has 0 saturated carbocycles. The van der Waals surface area contributed by atoms with E-state index in [0.717, 1.165) is 60.9 Å². The van der Waals surface area contributed by atoms with Crippen LogP contribution in [0.3, 0.4) is 0 Å². The molecule has 4 heterocycles. The zero-order chi connectivity index (χ0) is 36.0. The van der Waals surface area contributed by atoms with E-state index in [2.05, 4.69) is 204 Å². The van der Waals surface area contributed by atoms with Crippen LogP contribution in [-0.4, -0.2) is 19.1 Å². The smallest absolute Gasteiger partial charge is 0.235 e. The van der Waals surface area contributed by atoms with E-state index in [9.17, 15) is 0 Å². The molecule has 0 unspecified atom stereocenters. The lowest BCUT2D eigenvalue weighted by Crippen LogP contribution is -2.32. The first-order valence-electron chi connectivity index (χ1n) is 18.5. The second kappa shape index (κ2) is 11.5. The maximum atomic E-state index is 5.46. The Balaban J connectivity index is 1.36. The average molecular weight is 694 g/mol. The molecular weight excluding hydrogens is 659 g/mol. The summed E-state index contributed by atoms with van der Waals surface area (Å²) < 4.78 is 4.83. The Labute approximate surface area is 313 Å². The van der Waals surface area contributed by atoms with Crippen LogP contribution in [0.4, 0.5) is 17.1 Å². The highest BCUT2D eigenvalue weighted by molar-refractivity contribution is 6.21. The molecule has 7 aromatic carbocycles. The molecular formula is C49H35N5. The van der Waals surface area contributed by atoms with Gasteiger partial charge in [0.1, 0.15) is 0 Å². The van der Waals surface area contributed by atoms with Crippen LogP contribution < -0.4 is 4.90 Å².